The second-order valence-electron chi connectivity index (χ2n) is 4.93. The molecule has 20 heavy (non-hydrogen) atoms. The molecule has 0 aromatic heterocycles. The van der Waals surface area contributed by atoms with Crippen molar-refractivity contribution in [3.8, 4) is 23.0 Å². The third-order valence-corrected chi connectivity index (χ3v) is 3.63. The number of aromatic hydroxyl groups is 2. The number of methoxy groups -OCH3 is 1. The molecule has 2 aromatic carbocycles. The number of phenols is 2. The molecule has 0 radical (unpaired) electrons. The second kappa shape index (κ2) is 4.96. The minimum absolute atomic E-state index is 0.0631. The SMILES string of the molecule is COc1ccc2c(c1)OCC(c1ccc(O)cc1O)C2. The van der Waals surface area contributed by atoms with Crippen LogP contribution in [0.3, 0.4) is 0 Å². The van der Waals surface area contributed by atoms with Crippen LogP contribution in [0, 0.1) is 0 Å². The first kappa shape index (κ1) is 12.7. The predicted octanol–water partition coefficient (Wildman–Crippen LogP) is 2.83. The van der Waals surface area contributed by atoms with E-state index < -0.39 is 0 Å². The molecule has 0 saturated carbocycles. The highest BCUT2D eigenvalue weighted by molar-refractivity contribution is 5.46. The topological polar surface area (TPSA) is 58.9 Å². The van der Waals surface area contributed by atoms with Gasteiger partial charge in [-0.3, -0.25) is 0 Å². The van der Waals surface area contributed by atoms with E-state index in [0.29, 0.717) is 6.61 Å². The number of hydrogen-bond donors (Lipinski definition) is 2. The van der Waals surface area contributed by atoms with E-state index >= 15 is 0 Å². The molecule has 4 heteroatoms. The fourth-order valence-electron chi connectivity index (χ4n) is 2.56. The molecule has 1 unspecified atom stereocenters. The first-order chi connectivity index (χ1) is 9.67. The number of fused-ring (bicyclic) bond motifs is 1. The van der Waals surface area contributed by atoms with Crippen LogP contribution in [0.4, 0.5) is 0 Å². The van der Waals surface area contributed by atoms with Gasteiger partial charge in [-0.2, -0.15) is 0 Å². The summed E-state index contributed by atoms with van der Waals surface area (Å²) in [5.41, 5.74) is 1.89. The molecular weight excluding hydrogens is 256 g/mol. The Kier molecular flexibility index (Phi) is 3.14. The Morgan fingerprint density at radius 3 is 2.75 bits per heavy atom. The molecular formula is C16H16O4. The van der Waals surface area contributed by atoms with Crippen LogP contribution in [0.2, 0.25) is 0 Å². The lowest BCUT2D eigenvalue weighted by Crippen LogP contribution is -2.19. The van der Waals surface area contributed by atoms with Crippen molar-refractivity contribution in [1.29, 1.82) is 0 Å². The maximum absolute atomic E-state index is 9.94. The Labute approximate surface area is 117 Å². The van der Waals surface area contributed by atoms with Crippen LogP contribution in [-0.2, 0) is 6.42 Å². The van der Waals surface area contributed by atoms with Gasteiger partial charge in [-0.1, -0.05) is 12.1 Å². The van der Waals surface area contributed by atoms with Crippen molar-refractivity contribution in [2.75, 3.05) is 13.7 Å². The second-order valence-corrected chi connectivity index (χ2v) is 4.93. The number of ether oxygens (including phenoxy) is 2. The molecule has 1 aliphatic heterocycles. The Bertz CT molecular complexity index is 636. The van der Waals surface area contributed by atoms with Crippen molar-refractivity contribution in [1.82, 2.24) is 0 Å². The fraction of sp³-hybridized carbons (Fsp3) is 0.250. The minimum atomic E-state index is 0.0631. The first-order valence-electron chi connectivity index (χ1n) is 6.49. The van der Waals surface area contributed by atoms with Crippen LogP contribution in [0.1, 0.15) is 17.0 Å². The molecule has 0 spiro atoms. The Morgan fingerprint density at radius 1 is 1.15 bits per heavy atom. The van der Waals surface area contributed by atoms with Gasteiger partial charge in [0.15, 0.2) is 0 Å². The number of hydrogen-bond acceptors (Lipinski definition) is 4. The van der Waals surface area contributed by atoms with E-state index in [0.717, 1.165) is 29.0 Å². The molecule has 1 aliphatic rings. The summed E-state index contributed by atoms with van der Waals surface area (Å²) < 4.78 is 10.9. The van der Waals surface area contributed by atoms with E-state index in [4.69, 9.17) is 9.47 Å². The zero-order valence-electron chi connectivity index (χ0n) is 11.2. The normalized spacial score (nSPS) is 17.1. The molecule has 104 valence electrons. The molecule has 3 rings (SSSR count). The van der Waals surface area contributed by atoms with Gasteiger partial charge >= 0.3 is 0 Å². The minimum Gasteiger partial charge on any atom is -0.508 e. The van der Waals surface area contributed by atoms with E-state index in [-0.39, 0.29) is 17.4 Å². The molecule has 0 aliphatic carbocycles. The van der Waals surface area contributed by atoms with Crippen LogP contribution in [0.15, 0.2) is 36.4 Å². The molecule has 0 saturated heterocycles. The summed E-state index contributed by atoms with van der Waals surface area (Å²) >= 11 is 0. The summed E-state index contributed by atoms with van der Waals surface area (Å²) in [4.78, 5) is 0. The highest BCUT2D eigenvalue weighted by Crippen LogP contribution is 2.38. The lowest BCUT2D eigenvalue weighted by Gasteiger charge is -2.26. The highest BCUT2D eigenvalue weighted by Gasteiger charge is 2.24. The molecule has 0 fully saturated rings. The lowest BCUT2D eigenvalue weighted by molar-refractivity contribution is 0.258. The Morgan fingerprint density at radius 2 is 2.00 bits per heavy atom. The predicted molar refractivity (Wildman–Crippen MR) is 74.7 cm³/mol. The van der Waals surface area contributed by atoms with Gasteiger partial charge in [0.05, 0.1) is 13.7 Å². The smallest absolute Gasteiger partial charge is 0.126 e. The van der Waals surface area contributed by atoms with E-state index in [1.54, 1.807) is 19.2 Å². The third-order valence-electron chi connectivity index (χ3n) is 3.63. The lowest BCUT2D eigenvalue weighted by atomic mass is 9.89. The van der Waals surface area contributed by atoms with Crippen molar-refractivity contribution < 1.29 is 19.7 Å². The van der Waals surface area contributed by atoms with Crippen LogP contribution in [-0.4, -0.2) is 23.9 Å². The molecule has 1 heterocycles. The van der Waals surface area contributed by atoms with Gasteiger partial charge in [0, 0.05) is 23.6 Å². The summed E-state index contributed by atoms with van der Waals surface area (Å²) in [5, 5.41) is 19.3. The van der Waals surface area contributed by atoms with Crippen molar-refractivity contribution in [3.05, 3.63) is 47.5 Å². The van der Waals surface area contributed by atoms with Crippen LogP contribution in [0.25, 0.3) is 0 Å². The highest BCUT2D eigenvalue weighted by atomic mass is 16.5. The molecule has 2 aromatic rings. The van der Waals surface area contributed by atoms with Crippen molar-refractivity contribution in [3.63, 3.8) is 0 Å². The Hall–Kier alpha value is -2.36. The van der Waals surface area contributed by atoms with Crippen LogP contribution < -0.4 is 9.47 Å². The number of phenolic OH excluding ortho intramolecular Hbond substituents is 2. The van der Waals surface area contributed by atoms with Gasteiger partial charge in [-0.15, -0.1) is 0 Å². The maximum atomic E-state index is 9.94. The molecule has 0 bridgehead atoms. The van der Waals surface area contributed by atoms with E-state index in [1.807, 2.05) is 18.2 Å². The molecule has 2 N–H and O–H groups in total. The van der Waals surface area contributed by atoms with Crippen molar-refractivity contribution in [2.24, 2.45) is 0 Å². The van der Waals surface area contributed by atoms with Gasteiger partial charge in [-0.25, -0.2) is 0 Å². The average Bonchev–Trinajstić information content (AvgIpc) is 2.46. The average molecular weight is 272 g/mol. The van der Waals surface area contributed by atoms with E-state index in [1.165, 1.54) is 6.07 Å². The standard InChI is InChI=1S/C16H16O4/c1-19-13-4-2-10-6-11(9-20-16(10)8-13)14-5-3-12(17)7-15(14)18/h2-5,7-8,11,17-18H,6,9H2,1H3. The summed E-state index contributed by atoms with van der Waals surface area (Å²) in [5.74, 6) is 1.86. The van der Waals surface area contributed by atoms with Gasteiger partial charge < -0.3 is 19.7 Å². The van der Waals surface area contributed by atoms with Gasteiger partial charge in [0.25, 0.3) is 0 Å². The van der Waals surface area contributed by atoms with Crippen molar-refractivity contribution in [2.45, 2.75) is 12.3 Å². The quantitative estimate of drug-likeness (QED) is 0.882. The summed E-state index contributed by atoms with van der Waals surface area (Å²) in [6.07, 6.45) is 0.789. The number of benzene rings is 2. The van der Waals surface area contributed by atoms with E-state index in [2.05, 4.69) is 0 Å². The first-order valence-corrected chi connectivity index (χ1v) is 6.49. The summed E-state index contributed by atoms with van der Waals surface area (Å²) in [6.45, 7) is 0.499. The van der Waals surface area contributed by atoms with Crippen molar-refractivity contribution >= 4 is 0 Å². The Balaban J connectivity index is 1.88. The maximum Gasteiger partial charge on any atom is 0.126 e. The monoisotopic (exact) mass is 272 g/mol. The van der Waals surface area contributed by atoms with Gasteiger partial charge in [0.1, 0.15) is 23.0 Å². The summed E-state index contributed by atoms with van der Waals surface area (Å²) in [6, 6.07) is 10.5. The largest absolute Gasteiger partial charge is 0.508 e. The van der Waals surface area contributed by atoms with Gasteiger partial charge in [-0.05, 0) is 24.1 Å². The van der Waals surface area contributed by atoms with Crippen LogP contribution >= 0.6 is 0 Å². The van der Waals surface area contributed by atoms with Crippen LogP contribution in [0.5, 0.6) is 23.0 Å². The van der Waals surface area contributed by atoms with E-state index in [9.17, 15) is 10.2 Å². The zero-order valence-corrected chi connectivity index (χ0v) is 11.2. The molecule has 4 nitrogen and oxygen atoms in total. The zero-order chi connectivity index (χ0) is 14.1. The fourth-order valence-corrected chi connectivity index (χ4v) is 2.56. The third kappa shape index (κ3) is 2.25. The molecule has 0 amide bonds. The van der Waals surface area contributed by atoms with Gasteiger partial charge in [0.2, 0.25) is 0 Å². The molecule has 1 atom stereocenters. The summed E-state index contributed by atoms with van der Waals surface area (Å²) in [7, 11) is 1.63. The number of rotatable bonds is 2.